The van der Waals surface area contributed by atoms with Crippen LogP contribution < -0.4 is 10.0 Å². The molecule has 1 aromatic rings. The van der Waals surface area contributed by atoms with Crippen LogP contribution in [0.4, 0.5) is 0 Å². The van der Waals surface area contributed by atoms with Crippen molar-refractivity contribution in [2.75, 3.05) is 13.1 Å². The van der Waals surface area contributed by atoms with E-state index in [1.807, 2.05) is 6.07 Å². The zero-order valence-electron chi connectivity index (χ0n) is 11.5. The lowest BCUT2D eigenvalue weighted by Crippen LogP contribution is -2.35. The van der Waals surface area contributed by atoms with Crippen LogP contribution in [0.15, 0.2) is 23.1 Å². The van der Waals surface area contributed by atoms with Crippen molar-refractivity contribution in [2.24, 2.45) is 0 Å². The quantitative estimate of drug-likeness (QED) is 0.879. The normalized spacial score (nSPS) is 20.1. The van der Waals surface area contributed by atoms with E-state index in [2.05, 4.69) is 10.0 Å². The molecule has 5 nitrogen and oxygen atoms in total. The van der Waals surface area contributed by atoms with E-state index in [1.54, 1.807) is 19.1 Å². The lowest BCUT2D eigenvalue weighted by molar-refractivity contribution is 0.518. The predicted molar refractivity (Wildman–Crippen MR) is 76.7 cm³/mol. The maximum absolute atomic E-state index is 12.4. The molecule has 1 fully saturated rings. The molecule has 2 N–H and O–H groups in total. The number of sulfonamides is 1. The zero-order valence-corrected chi connectivity index (χ0v) is 12.3. The van der Waals surface area contributed by atoms with Crippen molar-refractivity contribution in [3.63, 3.8) is 0 Å². The Labute approximate surface area is 120 Å². The Kier molecular flexibility index (Phi) is 4.76. The Hall–Kier alpha value is -1.42. The molecule has 1 atom stereocenters. The van der Waals surface area contributed by atoms with Gasteiger partial charge >= 0.3 is 0 Å². The second-order valence-electron chi connectivity index (χ2n) is 5.09. The fourth-order valence-electron chi connectivity index (χ4n) is 2.35. The molecule has 0 aliphatic carbocycles. The summed E-state index contributed by atoms with van der Waals surface area (Å²) in [4.78, 5) is 0.228. The van der Waals surface area contributed by atoms with Gasteiger partial charge in [-0.1, -0.05) is 0 Å². The largest absolute Gasteiger partial charge is 0.317 e. The summed E-state index contributed by atoms with van der Waals surface area (Å²) in [6, 6.07) is 6.61. The van der Waals surface area contributed by atoms with E-state index in [4.69, 9.17) is 5.26 Å². The number of benzene rings is 1. The van der Waals surface area contributed by atoms with Crippen LogP contribution >= 0.6 is 0 Å². The predicted octanol–water partition coefficient (Wildman–Crippen LogP) is 1.29. The highest BCUT2D eigenvalue weighted by Crippen LogP contribution is 2.16. The molecule has 1 saturated heterocycles. The average molecular weight is 293 g/mol. The molecule has 6 heteroatoms. The molecule has 1 unspecified atom stereocenters. The molecule has 1 aromatic carbocycles. The first-order valence-electron chi connectivity index (χ1n) is 6.77. The topological polar surface area (TPSA) is 82.0 Å². The Morgan fingerprint density at radius 3 is 2.85 bits per heavy atom. The van der Waals surface area contributed by atoms with Crippen molar-refractivity contribution in [1.82, 2.24) is 10.0 Å². The van der Waals surface area contributed by atoms with Gasteiger partial charge in [-0.25, -0.2) is 13.1 Å². The highest BCUT2D eigenvalue weighted by Gasteiger charge is 2.21. The smallest absolute Gasteiger partial charge is 0.240 e. The Balaban J connectivity index is 2.17. The van der Waals surface area contributed by atoms with Gasteiger partial charge in [0.05, 0.1) is 16.5 Å². The lowest BCUT2D eigenvalue weighted by Gasteiger charge is -2.16. The summed E-state index contributed by atoms with van der Waals surface area (Å²) >= 11 is 0. The molecular formula is C14H19N3O2S. The lowest BCUT2D eigenvalue weighted by atomic mass is 10.1. The molecule has 0 radical (unpaired) electrons. The van der Waals surface area contributed by atoms with Crippen molar-refractivity contribution in [2.45, 2.75) is 37.1 Å². The molecule has 0 saturated carbocycles. The summed E-state index contributed by atoms with van der Waals surface area (Å²) in [7, 11) is -3.51. The molecular weight excluding hydrogens is 274 g/mol. The molecule has 0 bridgehead atoms. The first kappa shape index (κ1) is 15.0. The van der Waals surface area contributed by atoms with Crippen LogP contribution in [0.2, 0.25) is 0 Å². The summed E-state index contributed by atoms with van der Waals surface area (Å²) < 4.78 is 27.5. The number of hydrogen-bond donors (Lipinski definition) is 2. The number of aryl methyl sites for hydroxylation is 1. The molecule has 1 aliphatic heterocycles. The van der Waals surface area contributed by atoms with Crippen LogP contribution in [0.3, 0.4) is 0 Å². The Morgan fingerprint density at radius 1 is 1.35 bits per heavy atom. The summed E-state index contributed by atoms with van der Waals surface area (Å²) in [6.45, 7) is 3.51. The van der Waals surface area contributed by atoms with Gasteiger partial charge < -0.3 is 5.32 Å². The molecule has 108 valence electrons. The van der Waals surface area contributed by atoms with Crippen LogP contribution in [0.25, 0.3) is 0 Å². The van der Waals surface area contributed by atoms with Gasteiger partial charge in [0.2, 0.25) is 10.0 Å². The van der Waals surface area contributed by atoms with E-state index in [0.717, 1.165) is 32.4 Å². The van der Waals surface area contributed by atoms with Gasteiger partial charge in [-0.05, 0) is 63.0 Å². The fourth-order valence-corrected chi connectivity index (χ4v) is 3.74. The Morgan fingerprint density at radius 2 is 2.15 bits per heavy atom. The van der Waals surface area contributed by atoms with Crippen molar-refractivity contribution in [3.05, 3.63) is 29.3 Å². The first-order valence-corrected chi connectivity index (χ1v) is 8.25. The van der Waals surface area contributed by atoms with E-state index >= 15 is 0 Å². The van der Waals surface area contributed by atoms with Gasteiger partial charge in [-0.2, -0.15) is 5.26 Å². The third kappa shape index (κ3) is 3.57. The second-order valence-corrected chi connectivity index (χ2v) is 6.80. The van der Waals surface area contributed by atoms with E-state index < -0.39 is 10.0 Å². The highest BCUT2D eigenvalue weighted by molar-refractivity contribution is 7.89. The van der Waals surface area contributed by atoms with Crippen molar-refractivity contribution < 1.29 is 8.42 Å². The van der Waals surface area contributed by atoms with Crippen molar-refractivity contribution >= 4 is 10.0 Å². The highest BCUT2D eigenvalue weighted by atomic mass is 32.2. The summed E-state index contributed by atoms with van der Waals surface area (Å²) in [5.41, 5.74) is 1.18. The number of nitrogens with one attached hydrogen (secondary N) is 2. The van der Waals surface area contributed by atoms with Crippen LogP contribution in [0.5, 0.6) is 0 Å². The van der Waals surface area contributed by atoms with E-state index in [-0.39, 0.29) is 10.9 Å². The van der Waals surface area contributed by atoms with Crippen LogP contribution in [0.1, 0.15) is 30.4 Å². The molecule has 2 rings (SSSR count). The van der Waals surface area contributed by atoms with Crippen LogP contribution in [-0.2, 0) is 10.0 Å². The molecule has 0 spiro atoms. The summed E-state index contributed by atoms with van der Waals surface area (Å²) in [5.74, 6) is 0. The first-order chi connectivity index (χ1) is 9.53. The third-order valence-electron chi connectivity index (χ3n) is 3.53. The Bertz CT molecular complexity index is 612. The molecule has 0 aromatic heterocycles. The third-order valence-corrected chi connectivity index (χ3v) is 5.04. The van der Waals surface area contributed by atoms with E-state index in [1.165, 1.54) is 6.07 Å². The number of hydrogen-bond acceptors (Lipinski definition) is 4. The minimum Gasteiger partial charge on any atom is -0.317 e. The second kappa shape index (κ2) is 6.35. The van der Waals surface area contributed by atoms with Gasteiger partial charge in [-0.15, -0.1) is 0 Å². The van der Waals surface area contributed by atoms with E-state index in [9.17, 15) is 8.42 Å². The van der Waals surface area contributed by atoms with Gasteiger partial charge in [0, 0.05) is 6.04 Å². The van der Waals surface area contributed by atoms with Gasteiger partial charge in [-0.3, -0.25) is 0 Å². The molecule has 0 amide bonds. The zero-order chi connectivity index (χ0) is 14.6. The summed E-state index contributed by atoms with van der Waals surface area (Å²) in [6.07, 6.45) is 2.62. The maximum Gasteiger partial charge on any atom is 0.240 e. The minimum atomic E-state index is -3.51. The van der Waals surface area contributed by atoms with Gasteiger partial charge in [0.25, 0.3) is 0 Å². The van der Waals surface area contributed by atoms with Crippen molar-refractivity contribution in [1.29, 1.82) is 5.26 Å². The standard InChI is InChI=1S/C14H19N3O2S/c1-11-9-14(5-4-12(11)10-15)20(18,19)17-13-3-2-7-16-8-6-13/h4-5,9,13,16-17H,2-3,6-8H2,1H3. The maximum atomic E-state index is 12.4. The fraction of sp³-hybridized carbons (Fsp3) is 0.500. The molecule has 20 heavy (non-hydrogen) atoms. The number of rotatable bonds is 3. The molecule has 1 heterocycles. The minimum absolute atomic E-state index is 0.0223. The van der Waals surface area contributed by atoms with Crippen LogP contribution in [-0.4, -0.2) is 27.5 Å². The van der Waals surface area contributed by atoms with Crippen molar-refractivity contribution in [3.8, 4) is 6.07 Å². The summed E-state index contributed by atoms with van der Waals surface area (Å²) in [5, 5.41) is 12.1. The number of nitriles is 1. The molecule has 1 aliphatic rings. The van der Waals surface area contributed by atoms with Gasteiger partial charge in [0.15, 0.2) is 0 Å². The monoisotopic (exact) mass is 293 g/mol. The number of nitrogens with zero attached hydrogens (tertiary/aromatic N) is 1. The van der Waals surface area contributed by atoms with E-state index in [0.29, 0.717) is 11.1 Å². The SMILES string of the molecule is Cc1cc(S(=O)(=O)NC2CCCNCC2)ccc1C#N. The average Bonchev–Trinajstić information content (AvgIpc) is 2.66. The van der Waals surface area contributed by atoms with Crippen LogP contribution in [0, 0.1) is 18.3 Å². The van der Waals surface area contributed by atoms with Gasteiger partial charge in [0.1, 0.15) is 0 Å².